The van der Waals surface area contributed by atoms with Crippen molar-refractivity contribution in [3.63, 3.8) is 0 Å². The number of allylic oxidation sites excluding steroid dienone is 1. The van der Waals surface area contributed by atoms with Crippen LogP contribution in [-0.4, -0.2) is 17.0 Å². The van der Waals surface area contributed by atoms with Gasteiger partial charge in [-0.05, 0) is 45.9 Å². The van der Waals surface area contributed by atoms with Gasteiger partial charge in [-0.1, -0.05) is 84.9 Å². The molecule has 0 saturated heterocycles. The van der Waals surface area contributed by atoms with Crippen molar-refractivity contribution in [1.29, 1.82) is 0 Å². The van der Waals surface area contributed by atoms with Crippen molar-refractivity contribution in [2.75, 3.05) is 5.88 Å². The van der Waals surface area contributed by atoms with Gasteiger partial charge in [0.15, 0.2) is 0 Å². The lowest BCUT2D eigenvalue weighted by molar-refractivity contribution is -0.131. The van der Waals surface area contributed by atoms with Crippen LogP contribution in [0.4, 0.5) is 0 Å². The molecule has 28 heavy (non-hydrogen) atoms. The third kappa shape index (κ3) is 4.99. The minimum absolute atomic E-state index is 0.528. The number of rotatable bonds is 7. The Labute approximate surface area is 170 Å². The summed E-state index contributed by atoms with van der Waals surface area (Å²) in [5, 5.41) is 8.82. The van der Waals surface area contributed by atoms with Gasteiger partial charge in [-0.25, -0.2) is 4.79 Å². The molecule has 1 N–H and O–H groups in total. The maximum Gasteiger partial charge on any atom is 0.328 e. The van der Waals surface area contributed by atoms with Crippen molar-refractivity contribution in [3.05, 3.63) is 113 Å². The predicted molar refractivity (Wildman–Crippen MR) is 117 cm³/mol. The highest BCUT2D eigenvalue weighted by Gasteiger charge is 2.13. The smallest absolute Gasteiger partial charge is 0.328 e. The minimum atomic E-state index is -0.956. The Hall–Kier alpha value is -3.10. The zero-order chi connectivity index (χ0) is 19.8. The summed E-state index contributed by atoms with van der Waals surface area (Å²) in [5.41, 5.74) is 6.52. The van der Waals surface area contributed by atoms with Gasteiger partial charge in [0.1, 0.15) is 0 Å². The molecule has 3 rings (SSSR count). The minimum Gasteiger partial charge on any atom is -0.478 e. The Morgan fingerprint density at radius 2 is 1.32 bits per heavy atom. The average molecular weight is 389 g/mol. The Morgan fingerprint density at radius 3 is 1.86 bits per heavy atom. The molecule has 0 saturated carbocycles. The van der Waals surface area contributed by atoms with Gasteiger partial charge in [0.2, 0.25) is 0 Å². The quantitative estimate of drug-likeness (QED) is 0.290. The molecule has 0 spiro atoms. The maximum absolute atomic E-state index is 10.7. The number of carbonyl (C=O) groups is 1. The summed E-state index contributed by atoms with van der Waals surface area (Å²) in [5.74, 6) is -0.428. The first-order valence-electron chi connectivity index (χ1n) is 9.10. The van der Waals surface area contributed by atoms with Crippen LogP contribution in [0.25, 0.3) is 17.2 Å². The fraction of sp³-hybridized carbons (Fsp3) is 0.0800. The highest BCUT2D eigenvalue weighted by Crippen LogP contribution is 2.34. The third-order valence-electron chi connectivity index (χ3n) is 4.45. The second-order valence-corrected chi connectivity index (χ2v) is 6.70. The van der Waals surface area contributed by atoms with E-state index < -0.39 is 5.97 Å². The fourth-order valence-corrected chi connectivity index (χ4v) is 3.38. The van der Waals surface area contributed by atoms with E-state index in [2.05, 4.69) is 24.3 Å². The van der Waals surface area contributed by atoms with Gasteiger partial charge >= 0.3 is 5.97 Å². The van der Waals surface area contributed by atoms with Crippen LogP contribution in [0.15, 0.2) is 91.0 Å². The summed E-state index contributed by atoms with van der Waals surface area (Å²) >= 11 is 6.16. The molecule has 0 aliphatic carbocycles. The first kappa shape index (κ1) is 19.7. The van der Waals surface area contributed by atoms with E-state index in [1.807, 2.05) is 60.7 Å². The van der Waals surface area contributed by atoms with Crippen LogP contribution in [0.5, 0.6) is 0 Å². The van der Waals surface area contributed by atoms with Gasteiger partial charge in [-0.2, -0.15) is 0 Å². The molecule has 0 radical (unpaired) electrons. The molecule has 3 heteroatoms. The van der Waals surface area contributed by atoms with E-state index in [4.69, 9.17) is 16.7 Å². The molecule has 0 heterocycles. The van der Waals surface area contributed by atoms with Crippen LogP contribution in [0.1, 0.15) is 28.7 Å². The maximum atomic E-state index is 10.7. The Balaban J connectivity index is 2.16. The fourth-order valence-electron chi connectivity index (χ4n) is 3.20. The molecular weight excluding hydrogens is 368 g/mol. The summed E-state index contributed by atoms with van der Waals surface area (Å²) in [4.78, 5) is 10.7. The van der Waals surface area contributed by atoms with Crippen molar-refractivity contribution < 1.29 is 9.90 Å². The second kappa shape index (κ2) is 9.72. The van der Waals surface area contributed by atoms with Crippen molar-refractivity contribution in [1.82, 2.24) is 0 Å². The molecule has 0 unspecified atom stereocenters. The van der Waals surface area contributed by atoms with Crippen LogP contribution >= 0.6 is 11.6 Å². The summed E-state index contributed by atoms with van der Waals surface area (Å²) in [6, 6.07) is 28.5. The number of benzene rings is 3. The Bertz CT molecular complexity index is 972. The van der Waals surface area contributed by atoms with E-state index in [0.29, 0.717) is 5.88 Å². The molecule has 0 atom stereocenters. The SMILES string of the molecule is O=C(O)C=Cc1ccc(C(=C(CCCl)c2ccccc2)c2ccccc2)cc1. The van der Waals surface area contributed by atoms with Gasteiger partial charge < -0.3 is 5.11 Å². The van der Waals surface area contributed by atoms with Crippen LogP contribution in [-0.2, 0) is 4.79 Å². The number of carboxylic acid groups (broad SMARTS) is 1. The van der Waals surface area contributed by atoms with Crippen molar-refractivity contribution in [3.8, 4) is 0 Å². The van der Waals surface area contributed by atoms with Gasteiger partial charge in [0.25, 0.3) is 0 Å². The summed E-state index contributed by atoms with van der Waals surface area (Å²) in [6.45, 7) is 0. The van der Waals surface area contributed by atoms with Crippen molar-refractivity contribution in [2.24, 2.45) is 0 Å². The third-order valence-corrected chi connectivity index (χ3v) is 4.64. The summed E-state index contributed by atoms with van der Waals surface area (Å²) in [7, 11) is 0. The highest BCUT2D eigenvalue weighted by molar-refractivity contribution is 6.18. The van der Waals surface area contributed by atoms with Gasteiger partial charge in [-0.3, -0.25) is 0 Å². The first-order valence-corrected chi connectivity index (χ1v) is 9.64. The number of alkyl halides is 1. The van der Waals surface area contributed by atoms with Crippen molar-refractivity contribution >= 4 is 34.8 Å². The Kier molecular flexibility index (Phi) is 6.83. The molecule has 0 aliphatic rings. The Morgan fingerprint density at radius 1 is 0.786 bits per heavy atom. The number of carboxylic acids is 1. The average Bonchev–Trinajstić information content (AvgIpc) is 2.74. The normalized spacial score (nSPS) is 12.0. The predicted octanol–water partition coefficient (Wildman–Crippen LogP) is 6.37. The van der Waals surface area contributed by atoms with E-state index in [-0.39, 0.29) is 0 Å². The van der Waals surface area contributed by atoms with Crippen LogP contribution < -0.4 is 0 Å². The van der Waals surface area contributed by atoms with Crippen molar-refractivity contribution in [2.45, 2.75) is 6.42 Å². The van der Waals surface area contributed by atoms with E-state index in [0.717, 1.165) is 40.3 Å². The molecule has 0 aliphatic heterocycles. The zero-order valence-electron chi connectivity index (χ0n) is 15.4. The molecule has 0 fully saturated rings. The zero-order valence-corrected chi connectivity index (χ0v) is 16.1. The molecule has 0 aromatic heterocycles. The summed E-state index contributed by atoms with van der Waals surface area (Å²) in [6.07, 6.45) is 3.48. The second-order valence-electron chi connectivity index (χ2n) is 6.32. The highest BCUT2D eigenvalue weighted by atomic mass is 35.5. The van der Waals surface area contributed by atoms with Crippen LogP contribution in [0.2, 0.25) is 0 Å². The van der Waals surface area contributed by atoms with Gasteiger partial charge in [-0.15, -0.1) is 11.6 Å². The molecule has 3 aromatic carbocycles. The lowest BCUT2D eigenvalue weighted by atomic mass is 9.88. The number of hydrogen-bond acceptors (Lipinski definition) is 1. The molecule has 3 aromatic rings. The lowest BCUT2D eigenvalue weighted by Gasteiger charge is -2.17. The van der Waals surface area contributed by atoms with Gasteiger partial charge in [0, 0.05) is 12.0 Å². The largest absolute Gasteiger partial charge is 0.478 e. The van der Waals surface area contributed by atoms with E-state index in [1.54, 1.807) is 6.08 Å². The topological polar surface area (TPSA) is 37.3 Å². The van der Waals surface area contributed by atoms with Crippen LogP contribution in [0.3, 0.4) is 0 Å². The van der Waals surface area contributed by atoms with Crippen LogP contribution in [0, 0.1) is 0 Å². The van der Waals surface area contributed by atoms with E-state index in [1.165, 1.54) is 5.57 Å². The van der Waals surface area contributed by atoms with E-state index >= 15 is 0 Å². The monoisotopic (exact) mass is 388 g/mol. The first-order chi connectivity index (χ1) is 13.7. The number of aliphatic carboxylic acids is 1. The molecule has 140 valence electrons. The van der Waals surface area contributed by atoms with Gasteiger partial charge in [0.05, 0.1) is 0 Å². The molecule has 2 nitrogen and oxygen atoms in total. The molecular formula is C25H21ClO2. The standard InChI is InChI=1S/C25H21ClO2/c26-18-17-23(20-7-3-1-4-8-20)25(21-9-5-2-6-10-21)22-14-11-19(12-15-22)13-16-24(27)28/h1-16H,17-18H2,(H,27,28). The number of halogens is 1. The molecule has 0 bridgehead atoms. The number of hydrogen-bond donors (Lipinski definition) is 1. The van der Waals surface area contributed by atoms with E-state index in [9.17, 15) is 4.79 Å². The lowest BCUT2D eigenvalue weighted by Crippen LogP contribution is -1.96. The summed E-state index contributed by atoms with van der Waals surface area (Å²) < 4.78 is 0. The molecule has 0 amide bonds.